The maximum absolute atomic E-state index is 12.3. The lowest BCUT2D eigenvalue weighted by Crippen LogP contribution is -2.09. The molecule has 0 unspecified atom stereocenters. The second kappa shape index (κ2) is 6.72. The number of halogens is 1. The second-order valence-corrected chi connectivity index (χ2v) is 6.29. The van der Waals surface area contributed by atoms with E-state index in [4.69, 9.17) is 11.6 Å². The van der Waals surface area contributed by atoms with E-state index in [2.05, 4.69) is 9.13 Å². The van der Waals surface area contributed by atoms with Crippen molar-refractivity contribution in [2.24, 2.45) is 4.40 Å². The largest absolute Gasteiger partial charge is 0.465 e. The van der Waals surface area contributed by atoms with Gasteiger partial charge in [0.25, 0.3) is 10.0 Å². The minimum absolute atomic E-state index is 0.0572. The van der Waals surface area contributed by atoms with Crippen molar-refractivity contribution < 1.29 is 17.9 Å². The molecule has 2 aromatic rings. The number of benzene rings is 2. The third-order valence-electron chi connectivity index (χ3n) is 2.78. The van der Waals surface area contributed by atoms with Crippen molar-refractivity contribution in [3.8, 4) is 0 Å². The van der Waals surface area contributed by atoms with Crippen LogP contribution in [0.2, 0.25) is 5.02 Å². The average molecular weight is 338 g/mol. The van der Waals surface area contributed by atoms with Gasteiger partial charge in [-0.1, -0.05) is 35.9 Å². The Morgan fingerprint density at radius 2 is 1.77 bits per heavy atom. The van der Waals surface area contributed by atoms with Crippen LogP contribution in [0.25, 0.3) is 0 Å². The summed E-state index contributed by atoms with van der Waals surface area (Å²) in [6.07, 6.45) is 1.19. The van der Waals surface area contributed by atoms with Gasteiger partial charge in [-0.25, -0.2) is 4.79 Å². The summed E-state index contributed by atoms with van der Waals surface area (Å²) >= 11 is 5.76. The topological polar surface area (TPSA) is 72.8 Å². The number of carbonyl (C=O) groups is 1. The van der Waals surface area contributed by atoms with Gasteiger partial charge >= 0.3 is 5.97 Å². The van der Waals surface area contributed by atoms with Crippen LogP contribution in [0.3, 0.4) is 0 Å². The fourth-order valence-corrected chi connectivity index (χ4v) is 2.89. The summed E-state index contributed by atoms with van der Waals surface area (Å²) in [7, 11) is -2.84. The first-order valence-corrected chi connectivity index (χ1v) is 7.99. The highest BCUT2D eigenvalue weighted by Crippen LogP contribution is 2.19. The summed E-state index contributed by atoms with van der Waals surface area (Å²) in [5, 5.41) is 0.538. The lowest BCUT2D eigenvalue weighted by atomic mass is 10.2. The molecule has 0 bridgehead atoms. The minimum atomic E-state index is -4.02. The van der Waals surface area contributed by atoms with Gasteiger partial charge in [-0.3, -0.25) is 0 Å². The maximum atomic E-state index is 12.3. The van der Waals surface area contributed by atoms with E-state index in [0.717, 1.165) is 0 Å². The highest BCUT2D eigenvalue weighted by molar-refractivity contribution is 7.90. The van der Waals surface area contributed by atoms with Crippen LogP contribution in [0.1, 0.15) is 15.9 Å². The maximum Gasteiger partial charge on any atom is 0.339 e. The van der Waals surface area contributed by atoms with Crippen LogP contribution in [0, 0.1) is 0 Å². The van der Waals surface area contributed by atoms with Gasteiger partial charge in [0.05, 0.1) is 12.7 Å². The third-order valence-corrected chi connectivity index (χ3v) is 4.33. The van der Waals surface area contributed by atoms with E-state index in [0.29, 0.717) is 10.6 Å². The molecule has 0 aliphatic carbocycles. The molecule has 0 saturated heterocycles. The number of carbonyl (C=O) groups excluding carboxylic acids is 1. The number of esters is 1. The molecule has 0 saturated carbocycles. The van der Waals surface area contributed by atoms with Gasteiger partial charge in [0.1, 0.15) is 4.90 Å². The summed E-state index contributed by atoms with van der Waals surface area (Å²) in [4.78, 5) is 11.4. The molecule has 5 nitrogen and oxygen atoms in total. The summed E-state index contributed by atoms with van der Waals surface area (Å²) in [5.41, 5.74) is 0.516. The molecule has 0 N–H and O–H groups in total. The molecule has 0 heterocycles. The van der Waals surface area contributed by atoms with Gasteiger partial charge in [0.2, 0.25) is 0 Å². The Morgan fingerprint density at radius 1 is 1.14 bits per heavy atom. The van der Waals surface area contributed by atoms with E-state index in [9.17, 15) is 13.2 Å². The number of sulfonamides is 1. The smallest absolute Gasteiger partial charge is 0.339 e. The third kappa shape index (κ3) is 3.72. The SMILES string of the molecule is COC(=O)c1ccccc1S(=O)(=O)/N=C/c1ccc(Cl)cc1. The number of hydrogen-bond donors (Lipinski definition) is 0. The van der Waals surface area contributed by atoms with Crippen LogP contribution in [-0.2, 0) is 14.8 Å². The van der Waals surface area contributed by atoms with Crippen molar-refractivity contribution in [3.05, 3.63) is 64.7 Å². The van der Waals surface area contributed by atoms with E-state index in [1.165, 1.54) is 31.5 Å². The van der Waals surface area contributed by atoms with E-state index in [-0.39, 0.29) is 10.5 Å². The zero-order valence-electron chi connectivity index (χ0n) is 11.6. The first-order valence-electron chi connectivity index (χ1n) is 6.17. The molecule has 0 amide bonds. The summed E-state index contributed by atoms with van der Waals surface area (Å²) in [6, 6.07) is 12.2. The van der Waals surface area contributed by atoms with E-state index >= 15 is 0 Å². The first kappa shape index (κ1) is 16.2. The molecular weight excluding hydrogens is 326 g/mol. The molecule has 0 aliphatic rings. The Morgan fingerprint density at radius 3 is 2.41 bits per heavy atom. The van der Waals surface area contributed by atoms with E-state index in [1.807, 2.05) is 0 Å². The zero-order valence-corrected chi connectivity index (χ0v) is 13.1. The van der Waals surface area contributed by atoms with E-state index in [1.54, 1.807) is 30.3 Å². The molecule has 0 spiro atoms. The summed E-state index contributed by atoms with van der Waals surface area (Å²) in [5.74, 6) is -0.735. The van der Waals surface area contributed by atoms with E-state index < -0.39 is 16.0 Å². The Labute approximate surface area is 133 Å². The second-order valence-electron chi connectivity index (χ2n) is 4.25. The molecule has 0 aliphatic heterocycles. The van der Waals surface area contributed by atoms with Crippen molar-refractivity contribution in [2.45, 2.75) is 4.90 Å². The first-order chi connectivity index (χ1) is 10.4. The van der Waals surface area contributed by atoms with Gasteiger partial charge in [0, 0.05) is 11.2 Å². The highest BCUT2D eigenvalue weighted by atomic mass is 35.5. The standard InChI is InChI=1S/C15H12ClNO4S/c1-21-15(18)13-4-2-3-5-14(13)22(19,20)17-10-11-6-8-12(16)9-7-11/h2-10H,1H3/b17-10+. The molecular formula is C15H12ClNO4S. The van der Waals surface area contributed by atoms with Gasteiger partial charge < -0.3 is 4.74 Å². The van der Waals surface area contributed by atoms with Gasteiger partial charge in [0.15, 0.2) is 0 Å². The van der Waals surface area contributed by atoms with Crippen molar-refractivity contribution >= 4 is 33.8 Å². The van der Waals surface area contributed by atoms with Crippen molar-refractivity contribution in [1.82, 2.24) is 0 Å². The number of rotatable bonds is 4. The fraction of sp³-hybridized carbons (Fsp3) is 0.0667. The van der Waals surface area contributed by atoms with Gasteiger partial charge in [-0.15, -0.1) is 0 Å². The molecule has 2 rings (SSSR count). The zero-order chi connectivity index (χ0) is 16.2. The molecule has 7 heteroatoms. The Hall–Kier alpha value is -2.18. The number of nitrogens with zero attached hydrogens (tertiary/aromatic N) is 1. The van der Waals surface area contributed by atoms with Gasteiger partial charge in [-0.05, 0) is 29.8 Å². The van der Waals surface area contributed by atoms with Crippen molar-refractivity contribution in [3.63, 3.8) is 0 Å². The normalized spacial score (nSPS) is 11.5. The van der Waals surface area contributed by atoms with Crippen LogP contribution < -0.4 is 0 Å². The quantitative estimate of drug-likeness (QED) is 0.635. The molecule has 0 radical (unpaired) electrons. The van der Waals surface area contributed by atoms with Crippen molar-refractivity contribution in [1.29, 1.82) is 0 Å². The molecule has 114 valence electrons. The Bertz CT molecular complexity index is 814. The summed E-state index contributed by atoms with van der Waals surface area (Å²) in [6.45, 7) is 0. The molecule has 0 aromatic heterocycles. The molecule has 22 heavy (non-hydrogen) atoms. The van der Waals surface area contributed by atoms with Crippen LogP contribution in [0.5, 0.6) is 0 Å². The molecule has 2 aromatic carbocycles. The monoisotopic (exact) mass is 337 g/mol. The lowest BCUT2D eigenvalue weighted by Gasteiger charge is -2.05. The predicted molar refractivity (Wildman–Crippen MR) is 84.0 cm³/mol. The minimum Gasteiger partial charge on any atom is -0.465 e. The number of ether oxygens (including phenoxy) is 1. The van der Waals surface area contributed by atoms with Crippen LogP contribution in [-0.4, -0.2) is 27.7 Å². The Balaban J connectivity index is 2.39. The van der Waals surface area contributed by atoms with Crippen LogP contribution in [0.15, 0.2) is 57.8 Å². The van der Waals surface area contributed by atoms with Crippen LogP contribution >= 0.6 is 11.6 Å². The Kier molecular flexibility index (Phi) is 4.95. The number of methoxy groups -OCH3 is 1. The lowest BCUT2D eigenvalue weighted by molar-refractivity contribution is 0.0596. The predicted octanol–water partition coefficient (Wildman–Crippen LogP) is 2.93. The highest BCUT2D eigenvalue weighted by Gasteiger charge is 2.21. The summed E-state index contributed by atoms with van der Waals surface area (Å²) < 4.78 is 32.7. The van der Waals surface area contributed by atoms with Crippen molar-refractivity contribution in [2.75, 3.05) is 7.11 Å². The van der Waals surface area contributed by atoms with Gasteiger partial charge in [-0.2, -0.15) is 12.8 Å². The molecule has 0 atom stereocenters. The number of hydrogen-bond acceptors (Lipinski definition) is 4. The fourth-order valence-electron chi connectivity index (χ4n) is 1.71. The average Bonchev–Trinajstić information content (AvgIpc) is 2.53. The van der Waals surface area contributed by atoms with Crippen LogP contribution in [0.4, 0.5) is 0 Å². The molecule has 0 fully saturated rings.